The van der Waals surface area contributed by atoms with Gasteiger partial charge in [-0.25, -0.2) is 0 Å². The van der Waals surface area contributed by atoms with Gasteiger partial charge in [0.15, 0.2) is 0 Å². The summed E-state index contributed by atoms with van der Waals surface area (Å²) in [6.45, 7) is 8.88. The van der Waals surface area contributed by atoms with E-state index in [1.165, 1.54) is 11.1 Å². The Labute approximate surface area is 133 Å². The maximum absolute atomic E-state index is 10.5. The second-order valence-electron chi connectivity index (χ2n) is 8.04. The van der Waals surface area contributed by atoms with E-state index in [0.717, 1.165) is 36.8 Å². The SMILES string of the molecule is CC(C)c1cc2c(cc1O)C=C1[C@H](O)CCC(C)(C)[C@@H]1CC2. The molecule has 0 aromatic heterocycles. The fourth-order valence-corrected chi connectivity index (χ4v) is 4.25. The molecule has 1 aromatic rings. The van der Waals surface area contributed by atoms with Crippen LogP contribution in [0.25, 0.3) is 6.08 Å². The first-order valence-corrected chi connectivity index (χ1v) is 8.55. The van der Waals surface area contributed by atoms with Gasteiger partial charge >= 0.3 is 0 Å². The predicted octanol–water partition coefficient (Wildman–Crippen LogP) is 4.64. The molecule has 2 heteroatoms. The lowest BCUT2D eigenvalue weighted by Crippen LogP contribution is -2.36. The molecule has 2 N–H and O–H groups in total. The van der Waals surface area contributed by atoms with Gasteiger partial charge in [-0.3, -0.25) is 0 Å². The molecule has 2 nitrogen and oxygen atoms in total. The van der Waals surface area contributed by atoms with Crippen LogP contribution in [0.4, 0.5) is 0 Å². The van der Waals surface area contributed by atoms with E-state index in [1.807, 2.05) is 6.07 Å². The topological polar surface area (TPSA) is 40.5 Å². The van der Waals surface area contributed by atoms with Gasteiger partial charge < -0.3 is 10.2 Å². The Morgan fingerprint density at radius 1 is 1.18 bits per heavy atom. The summed E-state index contributed by atoms with van der Waals surface area (Å²) in [5.74, 6) is 1.15. The van der Waals surface area contributed by atoms with Crippen LogP contribution >= 0.6 is 0 Å². The number of phenols is 1. The molecule has 0 amide bonds. The summed E-state index contributed by atoms with van der Waals surface area (Å²) in [5, 5.41) is 20.8. The highest BCUT2D eigenvalue weighted by Crippen LogP contribution is 2.48. The number of aryl methyl sites for hydroxylation is 1. The first kappa shape index (κ1) is 15.6. The molecule has 2 aliphatic carbocycles. The number of hydrogen-bond acceptors (Lipinski definition) is 2. The fourth-order valence-electron chi connectivity index (χ4n) is 4.25. The number of aliphatic hydroxyl groups is 1. The first-order valence-electron chi connectivity index (χ1n) is 8.55. The predicted molar refractivity (Wildman–Crippen MR) is 91.0 cm³/mol. The van der Waals surface area contributed by atoms with Gasteiger partial charge in [-0.2, -0.15) is 0 Å². The van der Waals surface area contributed by atoms with Gasteiger partial charge in [-0.05, 0) is 71.3 Å². The van der Waals surface area contributed by atoms with Crippen LogP contribution < -0.4 is 0 Å². The largest absolute Gasteiger partial charge is 0.508 e. The lowest BCUT2D eigenvalue weighted by molar-refractivity contribution is 0.0844. The summed E-state index contributed by atoms with van der Waals surface area (Å²) >= 11 is 0. The molecule has 0 aliphatic heterocycles. The minimum absolute atomic E-state index is 0.246. The van der Waals surface area contributed by atoms with Crippen LogP contribution in [0.3, 0.4) is 0 Å². The maximum atomic E-state index is 10.5. The highest BCUT2D eigenvalue weighted by Gasteiger charge is 2.40. The van der Waals surface area contributed by atoms with Crippen molar-refractivity contribution in [2.24, 2.45) is 11.3 Å². The van der Waals surface area contributed by atoms with E-state index in [-0.39, 0.29) is 11.5 Å². The smallest absolute Gasteiger partial charge is 0.119 e. The summed E-state index contributed by atoms with van der Waals surface area (Å²) in [6, 6.07) is 4.07. The van der Waals surface area contributed by atoms with E-state index < -0.39 is 0 Å². The van der Waals surface area contributed by atoms with Crippen molar-refractivity contribution in [3.8, 4) is 5.75 Å². The Morgan fingerprint density at radius 3 is 2.59 bits per heavy atom. The standard InChI is InChI=1S/C20H28O2/c1-12(2)15-9-13-5-6-17-16(10-14(13)11-19(15)22)18(21)7-8-20(17,3)4/h9-12,17-18,21-22H,5-8H2,1-4H3/t17-,18-/m1/s1. The zero-order valence-electron chi connectivity index (χ0n) is 14.2. The molecule has 0 heterocycles. The molecule has 0 unspecified atom stereocenters. The van der Waals surface area contributed by atoms with Crippen LogP contribution in [0.1, 0.15) is 69.6 Å². The molecule has 1 aromatic carbocycles. The van der Waals surface area contributed by atoms with Gasteiger partial charge in [0.1, 0.15) is 5.75 Å². The monoisotopic (exact) mass is 300 g/mol. The third kappa shape index (κ3) is 2.58. The highest BCUT2D eigenvalue weighted by molar-refractivity contribution is 5.63. The first-order chi connectivity index (χ1) is 10.3. The Balaban J connectivity index is 2.08. The Morgan fingerprint density at radius 2 is 1.91 bits per heavy atom. The Kier molecular flexibility index (Phi) is 3.84. The molecule has 22 heavy (non-hydrogen) atoms. The van der Waals surface area contributed by atoms with Crippen LogP contribution in [0, 0.1) is 11.3 Å². The molecule has 0 saturated heterocycles. The Hall–Kier alpha value is -1.28. The van der Waals surface area contributed by atoms with Crippen LogP contribution in [-0.4, -0.2) is 16.3 Å². The summed E-state index contributed by atoms with van der Waals surface area (Å²) in [6.07, 6.45) is 5.87. The summed E-state index contributed by atoms with van der Waals surface area (Å²) in [7, 11) is 0. The number of aromatic hydroxyl groups is 1. The number of hydrogen-bond donors (Lipinski definition) is 2. The van der Waals surface area contributed by atoms with Gasteiger partial charge in [-0.1, -0.05) is 39.8 Å². The van der Waals surface area contributed by atoms with Crippen molar-refractivity contribution in [3.05, 3.63) is 34.4 Å². The average Bonchev–Trinajstić information content (AvgIpc) is 2.62. The number of phenolic OH excluding ortho intramolecular Hbond substituents is 1. The van der Waals surface area contributed by atoms with Crippen LogP contribution in [0.15, 0.2) is 17.7 Å². The lowest BCUT2D eigenvalue weighted by Gasteiger charge is -2.42. The van der Waals surface area contributed by atoms with Gasteiger partial charge in [0.25, 0.3) is 0 Å². The quantitative estimate of drug-likeness (QED) is 0.793. The zero-order valence-corrected chi connectivity index (χ0v) is 14.2. The van der Waals surface area contributed by atoms with Crippen molar-refractivity contribution < 1.29 is 10.2 Å². The molecule has 0 radical (unpaired) electrons. The molecule has 2 atom stereocenters. The fraction of sp³-hybridized carbons (Fsp3) is 0.600. The third-order valence-corrected chi connectivity index (χ3v) is 5.73. The number of benzene rings is 1. The van der Waals surface area contributed by atoms with E-state index in [2.05, 4.69) is 39.8 Å². The molecule has 0 bridgehead atoms. The van der Waals surface area contributed by atoms with Crippen molar-refractivity contribution in [3.63, 3.8) is 0 Å². The van der Waals surface area contributed by atoms with Gasteiger partial charge in [0, 0.05) is 0 Å². The normalized spacial score (nSPS) is 26.9. The van der Waals surface area contributed by atoms with Crippen LogP contribution in [-0.2, 0) is 6.42 Å². The molecule has 0 spiro atoms. The summed E-state index contributed by atoms with van der Waals surface area (Å²) in [5.41, 5.74) is 4.85. The second-order valence-corrected chi connectivity index (χ2v) is 8.04. The van der Waals surface area contributed by atoms with Crippen molar-refractivity contribution in [1.82, 2.24) is 0 Å². The van der Waals surface area contributed by atoms with E-state index in [4.69, 9.17) is 0 Å². The summed E-state index contributed by atoms with van der Waals surface area (Å²) in [4.78, 5) is 0. The Bertz CT molecular complexity index is 610. The van der Waals surface area contributed by atoms with E-state index in [9.17, 15) is 10.2 Å². The lowest BCUT2D eigenvalue weighted by atomic mass is 9.64. The second kappa shape index (κ2) is 5.42. The summed E-state index contributed by atoms with van der Waals surface area (Å²) < 4.78 is 0. The van der Waals surface area contributed by atoms with Crippen molar-refractivity contribution in [1.29, 1.82) is 0 Å². The molecule has 2 aliphatic rings. The number of aliphatic hydroxyl groups excluding tert-OH is 1. The molecular weight excluding hydrogens is 272 g/mol. The van der Waals surface area contributed by atoms with Gasteiger partial charge in [-0.15, -0.1) is 0 Å². The van der Waals surface area contributed by atoms with Gasteiger partial charge in [0.05, 0.1) is 6.10 Å². The highest BCUT2D eigenvalue weighted by atomic mass is 16.3. The zero-order chi connectivity index (χ0) is 16.1. The number of fused-ring (bicyclic) bond motifs is 2. The van der Waals surface area contributed by atoms with Crippen molar-refractivity contribution in [2.45, 2.75) is 65.4 Å². The molecular formula is C20H28O2. The minimum Gasteiger partial charge on any atom is -0.508 e. The molecule has 1 saturated carbocycles. The minimum atomic E-state index is -0.323. The van der Waals surface area contributed by atoms with E-state index >= 15 is 0 Å². The molecule has 3 rings (SSSR count). The van der Waals surface area contributed by atoms with Gasteiger partial charge in [0.2, 0.25) is 0 Å². The van der Waals surface area contributed by atoms with E-state index in [1.54, 1.807) is 0 Å². The number of rotatable bonds is 1. The van der Waals surface area contributed by atoms with E-state index in [0.29, 0.717) is 17.6 Å². The molecule has 120 valence electrons. The maximum Gasteiger partial charge on any atom is 0.119 e. The average molecular weight is 300 g/mol. The van der Waals surface area contributed by atoms with Crippen molar-refractivity contribution >= 4 is 6.08 Å². The van der Waals surface area contributed by atoms with Crippen LogP contribution in [0.2, 0.25) is 0 Å². The molecule has 1 fully saturated rings. The van der Waals surface area contributed by atoms with Crippen LogP contribution in [0.5, 0.6) is 5.75 Å². The third-order valence-electron chi connectivity index (χ3n) is 5.73. The van der Waals surface area contributed by atoms with Crippen molar-refractivity contribution in [2.75, 3.05) is 0 Å².